The van der Waals surface area contributed by atoms with E-state index in [0.29, 0.717) is 51.4 Å². The number of Topliss-reactive ketones (excluding diaryl/α,β-unsaturated/α-hetero) is 4. The van der Waals surface area contributed by atoms with Gasteiger partial charge in [-0.3, -0.25) is 38.4 Å². The molecule has 2 rings (SSSR count). The summed E-state index contributed by atoms with van der Waals surface area (Å²) in [7, 11) is 0. The van der Waals surface area contributed by atoms with E-state index in [1.807, 2.05) is 27.7 Å². The van der Waals surface area contributed by atoms with Gasteiger partial charge in [-0.25, -0.2) is 19.4 Å². The molecule has 16 nitrogen and oxygen atoms in total. The summed E-state index contributed by atoms with van der Waals surface area (Å²) in [6.45, 7) is 20.8. The molecule has 4 unspecified atom stereocenters. The summed E-state index contributed by atoms with van der Waals surface area (Å²) < 4.78 is 23.1. The number of hydrogen-bond donors (Lipinski definition) is 0. The molecule has 0 radical (unpaired) electrons. The SMILES string of the molecule is CCCCCCC(OC(=O)C(C)C)C(=O)c1cccc(C(=O)OOC(=O)c2cccc(C(=O)C(CCCCCC)OC(=O)C(C)C)c2C(=O)C(CCCCCC)OC(=O)C(C)C)c1C(=O)C(CCCCCC)OC(=O)C(C)C. The average Bonchev–Trinajstić information content (AvgIpc) is 3.43. The van der Waals surface area contributed by atoms with Gasteiger partial charge in [0.1, 0.15) is 0 Å². The van der Waals surface area contributed by atoms with Crippen molar-refractivity contribution in [3.05, 3.63) is 69.8 Å². The van der Waals surface area contributed by atoms with E-state index in [0.717, 1.165) is 63.5 Å². The van der Waals surface area contributed by atoms with E-state index in [2.05, 4.69) is 0 Å². The lowest BCUT2D eigenvalue weighted by Crippen LogP contribution is -2.35. The summed E-state index contributed by atoms with van der Waals surface area (Å²) in [6.07, 6.45) is 5.99. The largest absolute Gasteiger partial charge is 0.454 e. The third-order valence-corrected chi connectivity index (χ3v) is 13.2. The topological polar surface area (TPSA) is 226 Å². The van der Waals surface area contributed by atoms with Crippen LogP contribution < -0.4 is 0 Å². The summed E-state index contributed by atoms with van der Waals surface area (Å²) in [6, 6.07) is 7.50. The fraction of sp³-hybridized carbons (Fsp3) is 0.645. The van der Waals surface area contributed by atoms with Crippen LogP contribution >= 0.6 is 0 Å². The van der Waals surface area contributed by atoms with Gasteiger partial charge in [0.05, 0.1) is 34.8 Å². The third kappa shape index (κ3) is 22.0. The molecule has 0 aliphatic rings. The Labute approximate surface area is 463 Å². The number of carbonyl (C=O) groups is 10. The van der Waals surface area contributed by atoms with Crippen molar-refractivity contribution < 1.29 is 76.7 Å². The molecule has 0 heterocycles. The highest BCUT2D eigenvalue weighted by molar-refractivity contribution is 6.18. The van der Waals surface area contributed by atoms with Crippen molar-refractivity contribution in [3.63, 3.8) is 0 Å². The molecule has 0 N–H and O–H groups in total. The molecule has 0 aromatic heterocycles. The Morgan fingerprint density at radius 2 is 0.551 bits per heavy atom. The second-order valence-electron chi connectivity index (χ2n) is 21.4. The van der Waals surface area contributed by atoms with Gasteiger partial charge >= 0.3 is 35.8 Å². The fourth-order valence-corrected chi connectivity index (χ4v) is 8.33. The highest BCUT2D eigenvalue weighted by Crippen LogP contribution is 2.29. The zero-order valence-corrected chi connectivity index (χ0v) is 48.8. The lowest BCUT2D eigenvalue weighted by molar-refractivity contribution is -0.187. The second kappa shape index (κ2) is 36.2. The van der Waals surface area contributed by atoms with E-state index < -0.39 is 129 Å². The van der Waals surface area contributed by atoms with Gasteiger partial charge in [0, 0.05) is 22.3 Å². The maximum absolute atomic E-state index is 15.0. The molecule has 0 amide bonds. The van der Waals surface area contributed by atoms with Gasteiger partial charge in [0.25, 0.3) is 0 Å². The molecule has 434 valence electrons. The fourth-order valence-electron chi connectivity index (χ4n) is 8.33. The van der Waals surface area contributed by atoms with Crippen LogP contribution in [0.2, 0.25) is 0 Å². The van der Waals surface area contributed by atoms with E-state index >= 15 is 9.59 Å². The zero-order valence-electron chi connectivity index (χ0n) is 48.8. The Kier molecular flexibility index (Phi) is 31.6. The van der Waals surface area contributed by atoms with Gasteiger partial charge in [0.15, 0.2) is 24.4 Å². The Morgan fingerprint density at radius 3 is 0.782 bits per heavy atom. The maximum Gasteiger partial charge on any atom is 0.387 e. The molecular weight excluding hydrogens is 1000 g/mol. The van der Waals surface area contributed by atoms with E-state index in [-0.39, 0.29) is 36.8 Å². The second-order valence-corrected chi connectivity index (χ2v) is 21.4. The van der Waals surface area contributed by atoms with Gasteiger partial charge in [-0.1, -0.05) is 184 Å². The van der Waals surface area contributed by atoms with Crippen molar-refractivity contribution >= 4 is 58.9 Å². The average molecular weight is 1090 g/mol. The predicted octanol–water partition coefficient (Wildman–Crippen LogP) is 13.5. The smallest absolute Gasteiger partial charge is 0.387 e. The molecule has 78 heavy (non-hydrogen) atoms. The van der Waals surface area contributed by atoms with Crippen molar-refractivity contribution in [1.82, 2.24) is 0 Å². The number of carbonyl (C=O) groups excluding carboxylic acids is 10. The van der Waals surface area contributed by atoms with Crippen LogP contribution in [0.15, 0.2) is 36.4 Å². The van der Waals surface area contributed by atoms with E-state index in [1.165, 1.54) is 24.3 Å². The first-order valence-corrected chi connectivity index (χ1v) is 28.8. The number of ketones is 4. The molecule has 0 spiro atoms. The van der Waals surface area contributed by atoms with E-state index in [4.69, 9.17) is 28.7 Å². The lowest BCUT2D eigenvalue weighted by Gasteiger charge is -2.23. The highest BCUT2D eigenvalue weighted by Gasteiger charge is 2.39. The van der Waals surface area contributed by atoms with Gasteiger partial charge in [-0.15, -0.1) is 0 Å². The molecule has 4 atom stereocenters. The molecule has 2 aromatic rings. The van der Waals surface area contributed by atoms with Crippen molar-refractivity contribution in [3.8, 4) is 0 Å². The van der Waals surface area contributed by atoms with Crippen molar-refractivity contribution in [2.24, 2.45) is 23.7 Å². The maximum atomic E-state index is 15.0. The van der Waals surface area contributed by atoms with Crippen LogP contribution in [0.25, 0.3) is 0 Å². The van der Waals surface area contributed by atoms with Crippen LogP contribution in [0.3, 0.4) is 0 Å². The molecule has 16 heteroatoms. The number of esters is 4. The monoisotopic (exact) mass is 1090 g/mol. The van der Waals surface area contributed by atoms with Crippen molar-refractivity contribution in [2.75, 3.05) is 0 Å². The first-order valence-electron chi connectivity index (χ1n) is 28.8. The number of rotatable bonds is 38. The number of ether oxygens (including phenoxy) is 4. The van der Waals surface area contributed by atoms with Crippen LogP contribution in [-0.2, 0) is 47.9 Å². The molecule has 0 saturated heterocycles. The summed E-state index contributed by atoms with van der Waals surface area (Å²) in [5, 5.41) is 0. The molecule has 0 aliphatic heterocycles. The Balaban J connectivity index is 2.96. The molecule has 0 fully saturated rings. The third-order valence-electron chi connectivity index (χ3n) is 13.2. The first kappa shape index (κ1) is 68.0. The molecule has 0 aliphatic carbocycles. The molecule has 0 saturated carbocycles. The molecule has 0 bridgehead atoms. The Morgan fingerprint density at radius 1 is 0.321 bits per heavy atom. The summed E-state index contributed by atoms with van der Waals surface area (Å²) >= 11 is 0. The van der Waals surface area contributed by atoms with E-state index in [1.54, 1.807) is 55.4 Å². The van der Waals surface area contributed by atoms with Crippen molar-refractivity contribution in [1.29, 1.82) is 0 Å². The minimum Gasteiger partial charge on any atom is -0.454 e. The lowest BCUT2D eigenvalue weighted by atomic mass is 9.88. The van der Waals surface area contributed by atoms with Gasteiger partial charge in [-0.05, 0) is 63.5 Å². The first-order chi connectivity index (χ1) is 37.1. The number of unbranched alkanes of at least 4 members (excludes halogenated alkanes) is 12. The quantitative estimate of drug-likeness (QED) is 0.0152. The van der Waals surface area contributed by atoms with Crippen LogP contribution in [0.5, 0.6) is 0 Å². The van der Waals surface area contributed by atoms with Crippen LogP contribution in [0, 0.1) is 23.7 Å². The highest BCUT2D eigenvalue weighted by atomic mass is 17.2. The number of hydrogen-bond acceptors (Lipinski definition) is 16. The van der Waals surface area contributed by atoms with Gasteiger partial charge in [-0.2, -0.15) is 0 Å². The Bertz CT molecular complexity index is 2150. The normalized spacial score (nSPS) is 12.9. The number of benzene rings is 2. The summed E-state index contributed by atoms with van der Waals surface area (Å²) in [4.78, 5) is 151. The summed E-state index contributed by atoms with van der Waals surface area (Å²) in [5.41, 5.74) is -2.85. The van der Waals surface area contributed by atoms with Crippen LogP contribution in [-0.4, -0.2) is 83.4 Å². The zero-order chi connectivity index (χ0) is 58.5. The molecular formula is C62H90O16. The minimum absolute atomic E-state index is 0.0281. The summed E-state index contributed by atoms with van der Waals surface area (Å²) in [5.74, 6) is -11.6. The van der Waals surface area contributed by atoms with Gasteiger partial charge in [0.2, 0.25) is 23.1 Å². The molecule has 2 aromatic carbocycles. The Hall–Kier alpha value is -6.06. The van der Waals surface area contributed by atoms with Crippen LogP contribution in [0.1, 0.15) is 274 Å². The minimum atomic E-state index is -1.48. The van der Waals surface area contributed by atoms with Crippen LogP contribution in [0.4, 0.5) is 0 Å². The van der Waals surface area contributed by atoms with Crippen molar-refractivity contribution in [2.45, 2.75) is 236 Å². The predicted molar refractivity (Wildman–Crippen MR) is 295 cm³/mol. The van der Waals surface area contributed by atoms with Gasteiger partial charge < -0.3 is 18.9 Å². The van der Waals surface area contributed by atoms with E-state index in [9.17, 15) is 38.4 Å². The standard InChI is InChI=1S/C62H90O16/c1-13-17-21-25-35-47(73-57(67)39(5)6)53(63)43-31-29-33-45(51(43)55(65)49(37-27-23-19-15-3)75-59(69)41(9)10)61(71)77-78-62(72)46-34-30-32-44(54(64)48(36-26-22-18-14-2)74-58(68)40(7)8)52(46)56(66)50(38-28-24-20-16-4)76-60(70)42(11)12/h29-34,39-42,47-50H,13-28,35-38H2,1-12H3.